The molecule has 7 heteroatoms. The third-order valence-corrected chi connectivity index (χ3v) is 1.98. The van der Waals surface area contributed by atoms with Gasteiger partial charge in [-0.05, 0) is 12.1 Å². The fourth-order valence-electron chi connectivity index (χ4n) is 1.06. The first kappa shape index (κ1) is 14.4. The highest BCUT2D eigenvalue weighted by Gasteiger charge is 2.16. The molecule has 0 aliphatic rings. The van der Waals surface area contributed by atoms with E-state index in [0.29, 0.717) is 0 Å². The molecule has 0 aromatic carbocycles. The van der Waals surface area contributed by atoms with E-state index in [1.165, 1.54) is 12.4 Å². The summed E-state index contributed by atoms with van der Waals surface area (Å²) in [6, 6.07) is 3.16. The van der Waals surface area contributed by atoms with Crippen molar-refractivity contribution in [3.05, 3.63) is 36.7 Å². The highest BCUT2D eigenvalue weighted by molar-refractivity contribution is 6.37. The minimum Gasteiger partial charge on any atom is -0.466 e. The fraction of sp³-hybridized carbons (Fsp3) is 0.167. The van der Waals surface area contributed by atoms with E-state index in [9.17, 15) is 19.2 Å². The average molecular weight is 265 g/mol. The van der Waals surface area contributed by atoms with E-state index in [4.69, 9.17) is 0 Å². The second-order valence-electron chi connectivity index (χ2n) is 3.28. The van der Waals surface area contributed by atoms with E-state index in [2.05, 4.69) is 9.47 Å². The van der Waals surface area contributed by atoms with Gasteiger partial charge in [-0.3, -0.25) is 14.2 Å². The first-order valence-electron chi connectivity index (χ1n) is 5.18. The van der Waals surface area contributed by atoms with Gasteiger partial charge < -0.3 is 9.47 Å². The Morgan fingerprint density at radius 2 is 1.63 bits per heavy atom. The summed E-state index contributed by atoms with van der Waals surface area (Å²) < 4.78 is 9.83. The van der Waals surface area contributed by atoms with E-state index >= 15 is 0 Å². The van der Waals surface area contributed by atoms with Crippen molar-refractivity contribution in [2.24, 2.45) is 0 Å². The molecule has 0 radical (unpaired) electrons. The molecule has 0 fully saturated rings. The van der Waals surface area contributed by atoms with Crippen LogP contribution in [0.2, 0.25) is 0 Å². The van der Waals surface area contributed by atoms with Gasteiger partial charge in [0.05, 0.1) is 7.11 Å². The molecule has 1 rings (SSSR count). The van der Waals surface area contributed by atoms with E-state index < -0.39 is 30.2 Å². The summed E-state index contributed by atoms with van der Waals surface area (Å²) in [6.45, 7) is -0.693. The van der Waals surface area contributed by atoms with Gasteiger partial charge in [-0.2, -0.15) is 0 Å². The Bertz CT molecular complexity index is 514. The fourth-order valence-corrected chi connectivity index (χ4v) is 1.06. The van der Waals surface area contributed by atoms with Gasteiger partial charge in [-0.25, -0.2) is 9.59 Å². The Balaban J connectivity index is 2.42. The van der Waals surface area contributed by atoms with Crippen LogP contribution in [-0.4, -0.2) is 41.9 Å². The van der Waals surface area contributed by atoms with Crippen LogP contribution >= 0.6 is 0 Å². The van der Waals surface area contributed by atoms with Crippen LogP contribution in [0.5, 0.6) is 0 Å². The molecule has 19 heavy (non-hydrogen) atoms. The number of ketones is 1. The monoisotopic (exact) mass is 265 g/mol. The summed E-state index contributed by atoms with van der Waals surface area (Å²) in [5, 5.41) is 0. The van der Waals surface area contributed by atoms with Crippen molar-refractivity contribution in [3.8, 4) is 0 Å². The van der Waals surface area contributed by atoms with Crippen LogP contribution in [0, 0.1) is 0 Å². The van der Waals surface area contributed by atoms with Gasteiger partial charge in [0.15, 0.2) is 6.61 Å². The Hall–Kier alpha value is -2.70. The van der Waals surface area contributed by atoms with Crippen LogP contribution in [0.3, 0.4) is 0 Å². The molecule has 1 aromatic heterocycles. The predicted molar refractivity (Wildman–Crippen MR) is 62.2 cm³/mol. The van der Waals surface area contributed by atoms with Gasteiger partial charge in [0.1, 0.15) is 0 Å². The maximum atomic E-state index is 11.5. The first-order chi connectivity index (χ1) is 9.04. The molecule has 0 spiro atoms. The summed E-state index contributed by atoms with van der Waals surface area (Å²) in [5.74, 6) is -3.34. The molecule has 0 N–H and O–H groups in total. The van der Waals surface area contributed by atoms with Crippen LogP contribution in [0.15, 0.2) is 36.7 Å². The number of esters is 2. The highest BCUT2D eigenvalue weighted by Crippen LogP contribution is 1.93. The zero-order valence-corrected chi connectivity index (χ0v) is 10.1. The lowest BCUT2D eigenvalue weighted by Crippen LogP contribution is -2.25. The predicted octanol–water partition coefficient (Wildman–Crippen LogP) is -0.0302. The first-order valence-corrected chi connectivity index (χ1v) is 5.18. The van der Waals surface area contributed by atoms with Gasteiger partial charge in [0.25, 0.3) is 5.78 Å². The molecule has 0 saturated heterocycles. The number of carbonyl (C=O) groups is 4. The molecular weight excluding hydrogens is 254 g/mol. The highest BCUT2D eigenvalue weighted by atomic mass is 16.5. The van der Waals surface area contributed by atoms with Gasteiger partial charge in [-0.15, -0.1) is 0 Å². The maximum Gasteiger partial charge on any atom is 0.331 e. The number of carbonyl (C=O) groups excluding carboxylic acids is 4. The maximum absolute atomic E-state index is 11.5. The minimum atomic E-state index is -0.918. The van der Waals surface area contributed by atoms with Gasteiger partial charge >= 0.3 is 17.8 Å². The summed E-state index contributed by atoms with van der Waals surface area (Å²) in [7, 11) is 1.15. The number of hydrogen-bond donors (Lipinski definition) is 0. The number of hydrogen-bond acceptors (Lipinski definition) is 6. The van der Waals surface area contributed by atoms with Crippen LogP contribution in [0.1, 0.15) is 4.79 Å². The number of Topliss-reactive ketones (excluding diaryl/α,β-unsaturated/α-hetero) is 1. The molecule has 100 valence electrons. The van der Waals surface area contributed by atoms with E-state index in [0.717, 1.165) is 23.8 Å². The van der Waals surface area contributed by atoms with Crippen molar-refractivity contribution >= 4 is 23.6 Å². The zero-order valence-electron chi connectivity index (χ0n) is 10.1. The standard InChI is InChI=1S/C12H11NO6/c1-18-10(15)4-5-11(16)19-8-9(14)12(17)13-6-2-3-7-13/h2-7H,8H2,1H3/b5-4+. The number of aromatic nitrogens is 1. The minimum absolute atomic E-state index is 0.693. The number of rotatable bonds is 5. The smallest absolute Gasteiger partial charge is 0.331 e. The Morgan fingerprint density at radius 3 is 2.21 bits per heavy atom. The molecule has 0 atom stereocenters. The lowest BCUT2D eigenvalue weighted by atomic mass is 10.4. The normalized spacial score (nSPS) is 10.2. The summed E-state index contributed by atoms with van der Waals surface area (Å²) in [5.41, 5.74) is 0. The van der Waals surface area contributed by atoms with Crippen molar-refractivity contribution in [2.75, 3.05) is 13.7 Å². The second kappa shape index (κ2) is 6.90. The molecule has 0 aliphatic carbocycles. The van der Waals surface area contributed by atoms with Crippen molar-refractivity contribution in [1.82, 2.24) is 4.57 Å². The summed E-state index contributed by atoms with van der Waals surface area (Å²) in [4.78, 5) is 44.6. The van der Waals surface area contributed by atoms with Crippen molar-refractivity contribution < 1.29 is 28.7 Å². The Morgan fingerprint density at radius 1 is 1.05 bits per heavy atom. The molecule has 1 aromatic rings. The van der Waals surface area contributed by atoms with Crippen LogP contribution < -0.4 is 0 Å². The largest absolute Gasteiger partial charge is 0.466 e. The van der Waals surface area contributed by atoms with E-state index in [1.54, 1.807) is 12.1 Å². The third-order valence-electron chi connectivity index (χ3n) is 1.98. The van der Waals surface area contributed by atoms with Crippen molar-refractivity contribution in [2.45, 2.75) is 0 Å². The average Bonchev–Trinajstić information content (AvgIpc) is 2.95. The van der Waals surface area contributed by atoms with Crippen molar-refractivity contribution in [3.63, 3.8) is 0 Å². The number of nitrogens with zero attached hydrogens (tertiary/aromatic N) is 1. The van der Waals surface area contributed by atoms with Crippen LogP contribution in [0.25, 0.3) is 0 Å². The Labute approximate surface area is 108 Å². The van der Waals surface area contributed by atoms with Crippen LogP contribution in [-0.2, 0) is 23.9 Å². The quantitative estimate of drug-likeness (QED) is 0.422. The Kier molecular flexibility index (Phi) is 5.21. The van der Waals surface area contributed by atoms with Gasteiger partial charge in [0, 0.05) is 24.5 Å². The number of ether oxygens (including phenoxy) is 2. The van der Waals surface area contributed by atoms with Gasteiger partial charge in [-0.1, -0.05) is 0 Å². The molecule has 1 heterocycles. The topological polar surface area (TPSA) is 91.7 Å². The molecule has 0 aliphatic heterocycles. The van der Waals surface area contributed by atoms with E-state index in [-0.39, 0.29) is 0 Å². The summed E-state index contributed by atoms with van der Waals surface area (Å²) >= 11 is 0. The summed E-state index contributed by atoms with van der Waals surface area (Å²) in [6.07, 6.45) is 4.46. The second-order valence-corrected chi connectivity index (χ2v) is 3.28. The molecule has 0 bridgehead atoms. The van der Waals surface area contributed by atoms with Crippen LogP contribution in [0.4, 0.5) is 0 Å². The lowest BCUT2D eigenvalue weighted by molar-refractivity contribution is -0.142. The SMILES string of the molecule is COC(=O)/C=C/C(=O)OCC(=O)C(=O)n1cccc1. The molecule has 0 saturated carbocycles. The van der Waals surface area contributed by atoms with E-state index in [1.807, 2.05) is 0 Å². The molecule has 0 amide bonds. The molecular formula is C12H11NO6. The zero-order chi connectivity index (χ0) is 14.3. The molecule has 7 nitrogen and oxygen atoms in total. The molecule has 0 unspecified atom stereocenters. The van der Waals surface area contributed by atoms with Gasteiger partial charge in [0.2, 0.25) is 0 Å². The third kappa shape index (κ3) is 4.58. The number of methoxy groups -OCH3 is 1. The van der Waals surface area contributed by atoms with Crippen molar-refractivity contribution in [1.29, 1.82) is 0 Å². The lowest BCUT2D eigenvalue weighted by Gasteiger charge is -2.01.